The average Bonchev–Trinajstić information content (AvgIpc) is 2.68. The van der Waals surface area contributed by atoms with Crippen molar-refractivity contribution in [2.75, 3.05) is 0 Å². The van der Waals surface area contributed by atoms with E-state index in [1.807, 2.05) is 0 Å². The fourth-order valence-electron chi connectivity index (χ4n) is 2.13. The van der Waals surface area contributed by atoms with Gasteiger partial charge >= 0.3 is 12.0 Å². The molecule has 1 aliphatic heterocycles. The summed E-state index contributed by atoms with van der Waals surface area (Å²) in [5, 5.41) is 11.6. The normalized spacial score (nSPS) is 20.3. The molecule has 0 aliphatic carbocycles. The van der Waals surface area contributed by atoms with E-state index in [1.165, 1.54) is 0 Å². The van der Waals surface area contributed by atoms with Crippen LogP contribution in [-0.2, 0) is 9.59 Å². The lowest BCUT2D eigenvalue weighted by atomic mass is 10.1. The lowest BCUT2D eigenvalue weighted by Crippen LogP contribution is -2.45. The van der Waals surface area contributed by atoms with E-state index >= 15 is 0 Å². The van der Waals surface area contributed by atoms with Crippen molar-refractivity contribution >= 4 is 17.9 Å². The first-order valence-electron chi connectivity index (χ1n) is 5.97. The van der Waals surface area contributed by atoms with Crippen LogP contribution >= 0.6 is 0 Å². The molecule has 0 aromatic heterocycles. The molecule has 1 aliphatic rings. The van der Waals surface area contributed by atoms with Crippen molar-refractivity contribution in [3.8, 4) is 0 Å². The molecule has 0 bridgehead atoms. The Morgan fingerprint density at radius 2 is 2.00 bits per heavy atom. The Morgan fingerprint density at radius 3 is 2.53 bits per heavy atom. The zero-order valence-corrected chi connectivity index (χ0v) is 10.4. The van der Waals surface area contributed by atoms with Crippen LogP contribution in [0.15, 0.2) is 30.3 Å². The monoisotopic (exact) mass is 262 g/mol. The SMILES string of the molecule is CCC(C(=O)O)N1C(=O)NC(c2ccccc2)C1=O. The molecule has 2 atom stereocenters. The van der Waals surface area contributed by atoms with E-state index in [1.54, 1.807) is 37.3 Å². The molecule has 1 fully saturated rings. The summed E-state index contributed by atoms with van der Waals surface area (Å²) in [5.41, 5.74) is 0.642. The van der Waals surface area contributed by atoms with Gasteiger partial charge in [-0.1, -0.05) is 37.3 Å². The first kappa shape index (κ1) is 13.1. The third kappa shape index (κ3) is 2.29. The van der Waals surface area contributed by atoms with E-state index in [9.17, 15) is 14.4 Å². The van der Waals surface area contributed by atoms with Crippen LogP contribution in [0.2, 0.25) is 0 Å². The second-order valence-corrected chi connectivity index (χ2v) is 4.26. The molecule has 2 N–H and O–H groups in total. The maximum absolute atomic E-state index is 12.2. The molecule has 6 heteroatoms. The Hall–Kier alpha value is -2.37. The van der Waals surface area contributed by atoms with E-state index in [2.05, 4.69) is 5.32 Å². The van der Waals surface area contributed by atoms with Gasteiger partial charge in [-0.25, -0.2) is 14.5 Å². The Morgan fingerprint density at radius 1 is 1.37 bits per heavy atom. The maximum atomic E-state index is 12.2. The van der Waals surface area contributed by atoms with Crippen LogP contribution in [-0.4, -0.2) is 34.0 Å². The Bertz CT molecular complexity index is 515. The lowest BCUT2D eigenvalue weighted by molar-refractivity contribution is -0.146. The molecule has 0 radical (unpaired) electrons. The molecule has 2 rings (SSSR count). The Kier molecular flexibility index (Phi) is 3.50. The average molecular weight is 262 g/mol. The van der Waals surface area contributed by atoms with E-state index in [0.717, 1.165) is 4.90 Å². The molecule has 1 aromatic rings. The number of hydrogen-bond donors (Lipinski definition) is 2. The van der Waals surface area contributed by atoms with Gasteiger partial charge in [0.15, 0.2) is 0 Å². The summed E-state index contributed by atoms with van der Waals surface area (Å²) in [6.45, 7) is 1.62. The highest BCUT2D eigenvalue weighted by molar-refractivity contribution is 6.07. The molecule has 100 valence electrons. The molecule has 6 nitrogen and oxygen atoms in total. The van der Waals surface area contributed by atoms with Crippen LogP contribution in [0.1, 0.15) is 24.9 Å². The van der Waals surface area contributed by atoms with Gasteiger partial charge in [-0.3, -0.25) is 4.79 Å². The minimum atomic E-state index is -1.18. The highest BCUT2D eigenvalue weighted by Gasteiger charge is 2.44. The number of aliphatic carboxylic acids is 1. The smallest absolute Gasteiger partial charge is 0.326 e. The van der Waals surface area contributed by atoms with Gasteiger partial charge in [0.1, 0.15) is 12.1 Å². The summed E-state index contributed by atoms with van der Waals surface area (Å²) in [6.07, 6.45) is 0.177. The number of nitrogens with one attached hydrogen (secondary N) is 1. The predicted octanol–water partition coefficient (Wildman–Crippen LogP) is 1.14. The third-order valence-electron chi connectivity index (χ3n) is 3.09. The first-order chi connectivity index (χ1) is 9.06. The second kappa shape index (κ2) is 5.09. The molecule has 3 amide bonds. The largest absolute Gasteiger partial charge is 0.480 e. The fourth-order valence-corrected chi connectivity index (χ4v) is 2.13. The van der Waals surface area contributed by atoms with Crippen molar-refractivity contribution in [1.82, 2.24) is 10.2 Å². The van der Waals surface area contributed by atoms with Crippen LogP contribution in [0.3, 0.4) is 0 Å². The number of carbonyl (C=O) groups excluding carboxylic acids is 2. The van der Waals surface area contributed by atoms with Gasteiger partial charge < -0.3 is 10.4 Å². The Balaban J connectivity index is 2.29. The predicted molar refractivity (Wildman–Crippen MR) is 66.3 cm³/mol. The quantitative estimate of drug-likeness (QED) is 0.797. The van der Waals surface area contributed by atoms with Gasteiger partial charge in [-0.05, 0) is 12.0 Å². The van der Waals surface area contributed by atoms with Gasteiger partial charge in [0.05, 0.1) is 0 Å². The van der Waals surface area contributed by atoms with E-state index in [4.69, 9.17) is 5.11 Å². The van der Waals surface area contributed by atoms with Gasteiger partial charge in [0.25, 0.3) is 5.91 Å². The van der Waals surface area contributed by atoms with Gasteiger partial charge in [0.2, 0.25) is 0 Å². The zero-order valence-electron chi connectivity index (χ0n) is 10.4. The van der Waals surface area contributed by atoms with Crippen LogP contribution in [0.5, 0.6) is 0 Å². The number of nitrogens with zero attached hydrogens (tertiary/aromatic N) is 1. The lowest BCUT2D eigenvalue weighted by Gasteiger charge is -2.19. The van der Waals surface area contributed by atoms with Crippen molar-refractivity contribution in [2.45, 2.75) is 25.4 Å². The zero-order chi connectivity index (χ0) is 14.0. The van der Waals surface area contributed by atoms with E-state index in [0.29, 0.717) is 5.56 Å². The van der Waals surface area contributed by atoms with Crippen LogP contribution in [0.4, 0.5) is 4.79 Å². The summed E-state index contributed by atoms with van der Waals surface area (Å²) in [5.74, 6) is -1.70. The number of benzene rings is 1. The summed E-state index contributed by atoms with van der Waals surface area (Å²) >= 11 is 0. The fraction of sp³-hybridized carbons (Fsp3) is 0.308. The van der Waals surface area contributed by atoms with Crippen molar-refractivity contribution in [2.24, 2.45) is 0 Å². The van der Waals surface area contributed by atoms with Crippen molar-refractivity contribution in [3.05, 3.63) is 35.9 Å². The molecule has 1 aromatic carbocycles. The highest BCUT2D eigenvalue weighted by atomic mass is 16.4. The van der Waals surface area contributed by atoms with E-state index in [-0.39, 0.29) is 6.42 Å². The van der Waals surface area contributed by atoms with Gasteiger partial charge in [0, 0.05) is 0 Å². The number of imide groups is 1. The molecule has 0 saturated carbocycles. The molecule has 1 heterocycles. The molecule has 2 unspecified atom stereocenters. The van der Waals surface area contributed by atoms with Crippen LogP contribution in [0, 0.1) is 0 Å². The van der Waals surface area contributed by atoms with Crippen molar-refractivity contribution < 1.29 is 19.5 Å². The highest BCUT2D eigenvalue weighted by Crippen LogP contribution is 2.24. The molecule has 0 spiro atoms. The van der Waals surface area contributed by atoms with Crippen LogP contribution < -0.4 is 5.32 Å². The first-order valence-corrected chi connectivity index (χ1v) is 5.97. The third-order valence-corrected chi connectivity index (χ3v) is 3.09. The number of rotatable bonds is 4. The van der Waals surface area contributed by atoms with Crippen molar-refractivity contribution in [1.29, 1.82) is 0 Å². The number of carbonyl (C=O) groups is 3. The molecular formula is C13H14N2O4. The summed E-state index contributed by atoms with van der Waals surface area (Å²) in [4.78, 5) is 35.9. The van der Waals surface area contributed by atoms with E-state index < -0.39 is 30.0 Å². The minimum absolute atomic E-state index is 0.177. The molecule has 19 heavy (non-hydrogen) atoms. The number of urea groups is 1. The minimum Gasteiger partial charge on any atom is -0.480 e. The maximum Gasteiger partial charge on any atom is 0.326 e. The van der Waals surface area contributed by atoms with Gasteiger partial charge in [-0.2, -0.15) is 0 Å². The number of carboxylic acids is 1. The summed E-state index contributed by atoms with van der Waals surface area (Å²) in [7, 11) is 0. The second-order valence-electron chi connectivity index (χ2n) is 4.26. The van der Waals surface area contributed by atoms with Crippen molar-refractivity contribution in [3.63, 3.8) is 0 Å². The van der Waals surface area contributed by atoms with Crippen LogP contribution in [0.25, 0.3) is 0 Å². The molecular weight excluding hydrogens is 248 g/mol. The Labute approximate surface area is 110 Å². The molecule has 1 saturated heterocycles. The topological polar surface area (TPSA) is 86.7 Å². The number of hydrogen-bond acceptors (Lipinski definition) is 3. The summed E-state index contributed by atoms with van der Waals surface area (Å²) < 4.78 is 0. The number of amides is 3. The van der Waals surface area contributed by atoms with Gasteiger partial charge in [-0.15, -0.1) is 0 Å². The standard InChI is InChI=1S/C13H14N2O4/c1-2-9(12(17)18)15-11(16)10(14-13(15)19)8-6-4-3-5-7-8/h3-7,9-10H,2H2,1H3,(H,14,19)(H,17,18). The summed E-state index contributed by atoms with van der Waals surface area (Å²) in [6, 6.07) is 6.16. The number of carboxylic acid groups (broad SMARTS) is 1.